The second kappa shape index (κ2) is 14.8. The van der Waals surface area contributed by atoms with Gasteiger partial charge in [0.2, 0.25) is 0 Å². The first-order valence-corrected chi connectivity index (χ1v) is 22.7. The van der Waals surface area contributed by atoms with Crippen molar-refractivity contribution in [1.82, 2.24) is 19.9 Å². The van der Waals surface area contributed by atoms with Gasteiger partial charge in [0, 0.05) is 53.8 Å². The van der Waals surface area contributed by atoms with Gasteiger partial charge < -0.3 is 4.98 Å². The molecule has 1 radical (unpaired) electrons. The smallest absolute Gasteiger partial charge is 0.173 e. The number of aromatic nitrogens is 4. The number of pyridine rings is 1. The number of rotatable bonds is 5. The van der Waals surface area contributed by atoms with E-state index < -0.39 is 0 Å². The molecule has 6 heteroatoms. The van der Waals surface area contributed by atoms with Crippen molar-refractivity contribution in [3.05, 3.63) is 184 Å². The molecule has 66 heavy (non-hydrogen) atoms. The minimum atomic E-state index is -0.104. The van der Waals surface area contributed by atoms with Crippen LogP contribution in [0.4, 0.5) is 5.69 Å². The van der Waals surface area contributed by atoms with Gasteiger partial charge in [-0.1, -0.05) is 172 Å². The maximum Gasteiger partial charge on any atom is 0.173 e. The average molecular weight is 1040 g/mol. The SMILES string of the molecule is [C-]#[N+]c1cc(-c2ccc(-c3nc(-c4ccc5c(c4)-c4ccccc4C5(C)C)nc(-c4ccc5c(c4)-c4ccccc4C5(C)C)n3)cc2)cnc1-c1[c-]cc2c(c1)C(C)(C)C(C)(C)C2(C)C.[Ir]. The predicted octanol–water partition coefficient (Wildman–Crippen LogP) is 15.2. The van der Waals surface area contributed by atoms with E-state index in [9.17, 15) is 0 Å². The first-order chi connectivity index (χ1) is 30.9. The van der Waals surface area contributed by atoms with Crippen molar-refractivity contribution >= 4 is 5.69 Å². The third kappa shape index (κ3) is 6.13. The van der Waals surface area contributed by atoms with Crippen molar-refractivity contribution in [2.24, 2.45) is 5.41 Å². The Morgan fingerprint density at radius 3 is 1.44 bits per heavy atom. The summed E-state index contributed by atoms with van der Waals surface area (Å²) in [6.45, 7) is 31.5. The molecule has 0 amide bonds. The largest absolute Gasteiger partial charge is 0.316 e. The minimum absolute atomic E-state index is 0. The van der Waals surface area contributed by atoms with Crippen LogP contribution < -0.4 is 0 Å². The van der Waals surface area contributed by atoms with E-state index in [0.29, 0.717) is 28.9 Å². The maximum atomic E-state index is 8.22. The maximum absolute atomic E-state index is 8.22. The van der Waals surface area contributed by atoms with Crippen LogP contribution in [0.1, 0.15) is 103 Å². The molecule has 5 nitrogen and oxygen atoms in total. The van der Waals surface area contributed by atoms with E-state index >= 15 is 0 Å². The number of hydrogen-bond acceptors (Lipinski definition) is 4. The fraction of sp³-hybridized carbons (Fsp3) is 0.250. The normalized spacial score (nSPS) is 16.8. The molecule has 3 aliphatic carbocycles. The third-order valence-corrected chi connectivity index (χ3v) is 16.5. The average Bonchev–Trinajstić information content (AvgIpc) is 3.73. The van der Waals surface area contributed by atoms with Gasteiger partial charge in [-0.05, 0) is 89.7 Å². The van der Waals surface area contributed by atoms with E-state index in [2.05, 4.69) is 201 Å². The van der Waals surface area contributed by atoms with Crippen molar-refractivity contribution in [3.8, 4) is 78.8 Å². The predicted molar refractivity (Wildman–Crippen MR) is 265 cm³/mol. The van der Waals surface area contributed by atoms with Gasteiger partial charge in [0.05, 0.1) is 6.57 Å². The Labute approximate surface area is 403 Å². The van der Waals surface area contributed by atoms with Crippen molar-refractivity contribution in [2.45, 2.75) is 90.9 Å². The summed E-state index contributed by atoms with van der Waals surface area (Å²) < 4.78 is 0. The molecule has 0 bridgehead atoms. The summed E-state index contributed by atoms with van der Waals surface area (Å²) in [5.41, 5.74) is 19.2. The number of fused-ring (bicyclic) bond motifs is 7. The van der Waals surface area contributed by atoms with Gasteiger partial charge in [-0.25, -0.2) is 19.8 Å². The molecule has 11 rings (SSSR count). The topological polar surface area (TPSA) is 55.9 Å². The van der Waals surface area contributed by atoms with Gasteiger partial charge in [-0.15, -0.1) is 34.9 Å². The van der Waals surface area contributed by atoms with Crippen LogP contribution >= 0.6 is 0 Å². The van der Waals surface area contributed by atoms with Crippen molar-refractivity contribution in [2.75, 3.05) is 0 Å². The molecule has 0 saturated carbocycles. The molecule has 8 aromatic rings. The molecule has 0 spiro atoms. The zero-order valence-electron chi connectivity index (χ0n) is 39.3. The Hall–Kier alpha value is -6.38. The van der Waals surface area contributed by atoms with Crippen molar-refractivity contribution < 1.29 is 20.1 Å². The molecular formula is C60H52IrN5-. The molecule has 2 heterocycles. The van der Waals surface area contributed by atoms with E-state index in [1.54, 1.807) is 0 Å². The molecule has 6 aromatic carbocycles. The van der Waals surface area contributed by atoms with E-state index in [0.717, 1.165) is 33.4 Å². The van der Waals surface area contributed by atoms with Crippen molar-refractivity contribution in [1.29, 1.82) is 0 Å². The second-order valence-electron chi connectivity index (χ2n) is 21.0. The number of benzene rings is 6. The molecule has 3 aliphatic rings. The van der Waals surface area contributed by atoms with Crippen molar-refractivity contribution in [3.63, 3.8) is 0 Å². The summed E-state index contributed by atoms with van der Waals surface area (Å²) >= 11 is 0. The van der Waals surface area contributed by atoms with E-state index in [4.69, 9.17) is 26.5 Å². The van der Waals surface area contributed by atoms with E-state index in [-0.39, 0.29) is 47.2 Å². The minimum Gasteiger partial charge on any atom is -0.316 e. The molecule has 327 valence electrons. The van der Waals surface area contributed by atoms with Gasteiger partial charge in [0.25, 0.3) is 0 Å². The number of nitrogens with zero attached hydrogens (tertiary/aromatic N) is 5. The van der Waals surface area contributed by atoms with Gasteiger partial charge >= 0.3 is 0 Å². The molecule has 0 aliphatic heterocycles. The van der Waals surface area contributed by atoms with Crippen LogP contribution in [0.2, 0.25) is 0 Å². The van der Waals surface area contributed by atoms with E-state index in [1.807, 2.05) is 12.3 Å². The van der Waals surface area contributed by atoms with Crippen LogP contribution in [0, 0.1) is 18.1 Å². The zero-order chi connectivity index (χ0) is 45.4. The molecular weight excluding hydrogens is 983 g/mol. The fourth-order valence-corrected chi connectivity index (χ4v) is 11.3. The molecule has 0 atom stereocenters. The van der Waals surface area contributed by atoms with Crippen LogP contribution in [0.3, 0.4) is 0 Å². The Kier molecular flexibility index (Phi) is 9.77. The van der Waals surface area contributed by atoms with E-state index in [1.165, 1.54) is 55.6 Å². The van der Waals surface area contributed by atoms with Crippen LogP contribution in [-0.4, -0.2) is 19.9 Å². The first kappa shape index (κ1) is 43.5. The Morgan fingerprint density at radius 2 is 0.909 bits per heavy atom. The summed E-state index contributed by atoms with van der Waals surface area (Å²) in [6.07, 6.45) is 1.87. The fourth-order valence-electron chi connectivity index (χ4n) is 11.3. The van der Waals surface area contributed by atoms with Gasteiger partial charge in [0.1, 0.15) is 0 Å². The molecule has 0 unspecified atom stereocenters. The molecule has 2 aromatic heterocycles. The summed E-state index contributed by atoms with van der Waals surface area (Å²) in [6, 6.07) is 48.8. The van der Waals surface area contributed by atoms with Crippen LogP contribution in [0.25, 0.3) is 83.6 Å². The third-order valence-electron chi connectivity index (χ3n) is 16.5. The zero-order valence-corrected chi connectivity index (χ0v) is 41.7. The Morgan fingerprint density at radius 1 is 0.455 bits per heavy atom. The second-order valence-corrected chi connectivity index (χ2v) is 21.0. The summed E-state index contributed by atoms with van der Waals surface area (Å²) in [4.78, 5) is 24.5. The van der Waals surface area contributed by atoms with Gasteiger partial charge in [-0.2, -0.15) is 0 Å². The van der Waals surface area contributed by atoms with Crippen LogP contribution in [0.5, 0.6) is 0 Å². The quantitative estimate of drug-likeness (QED) is 0.161. The van der Waals surface area contributed by atoms with Gasteiger partial charge in [-0.3, -0.25) is 0 Å². The van der Waals surface area contributed by atoms with Gasteiger partial charge in [0.15, 0.2) is 23.2 Å². The standard InChI is InChI=1S/C60H52N5.Ir/c1-56(2)45-18-14-12-16-41(45)43-30-38(25-27-47(43)56)54-63-53(64-55(65-54)39-26-28-48-44(31-39)42-17-13-15-19-46(42)57(48,3)4)36-22-20-35(21-23-36)40-33-51(61-11)52(62-34-40)37-24-29-49-50(32-37)59(7,8)60(9,10)58(49,5)6;/h12-23,25-34H,1-10H3;/q-1;. The molecule has 0 N–H and O–H groups in total. The Bertz CT molecular complexity index is 3240. The molecule has 0 saturated heterocycles. The number of hydrogen-bond donors (Lipinski definition) is 0. The summed E-state index contributed by atoms with van der Waals surface area (Å²) in [5.74, 6) is 1.84. The van der Waals surface area contributed by atoms with Crippen LogP contribution in [0.15, 0.2) is 134 Å². The monoisotopic (exact) mass is 1040 g/mol. The first-order valence-electron chi connectivity index (χ1n) is 22.7. The Balaban J connectivity index is 0.00000511. The molecule has 0 fully saturated rings. The summed E-state index contributed by atoms with van der Waals surface area (Å²) in [5, 5.41) is 0. The summed E-state index contributed by atoms with van der Waals surface area (Å²) in [7, 11) is 0. The van der Waals surface area contributed by atoms with Crippen LogP contribution in [-0.2, 0) is 41.8 Å².